The van der Waals surface area contributed by atoms with Crippen molar-refractivity contribution in [2.75, 3.05) is 6.54 Å². The van der Waals surface area contributed by atoms with Crippen LogP contribution < -0.4 is 5.32 Å². The number of aliphatic carboxylic acids is 1. The highest BCUT2D eigenvalue weighted by atomic mass is 16.4. The van der Waals surface area contributed by atoms with Crippen molar-refractivity contribution in [1.29, 1.82) is 0 Å². The Balaban J connectivity index is 2.62. The average Bonchev–Trinajstić information content (AvgIpc) is 2.52. The lowest BCUT2D eigenvalue weighted by molar-refractivity contribution is -0.152. The van der Waals surface area contributed by atoms with Gasteiger partial charge in [-0.05, 0) is 18.3 Å². The Labute approximate surface area is 116 Å². The number of rotatable bonds is 4. The smallest absolute Gasteiger partial charge is 0.310 e. The fraction of sp³-hybridized carbons (Fsp3) is 0.867. The molecule has 1 amide bonds. The molecule has 1 saturated carbocycles. The fourth-order valence-corrected chi connectivity index (χ4v) is 2.61. The van der Waals surface area contributed by atoms with Crippen molar-refractivity contribution >= 4 is 11.9 Å². The SMILES string of the molecule is CC(C)(C)CNC(=O)CC1(C(=O)O)CCCCCC1. The summed E-state index contributed by atoms with van der Waals surface area (Å²) in [5.74, 6) is -0.931. The molecule has 4 heteroatoms. The zero-order valence-corrected chi connectivity index (χ0v) is 12.4. The van der Waals surface area contributed by atoms with Gasteiger partial charge in [0.1, 0.15) is 0 Å². The molecule has 19 heavy (non-hydrogen) atoms. The molecule has 0 radical (unpaired) electrons. The lowest BCUT2D eigenvalue weighted by Gasteiger charge is -2.28. The molecule has 0 atom stereocenters. The van der Waals surface area contributed by atoms with Gasteiger partial charge in [0.05, 0.1) is 5.41 Å². The van der Waals surface area contributed by atoms with Crippen LogP contribution in [0.1, 0.15) is 65.7 Å². The van der Waals surface area contributed by atoms with Crippen LogP contribution in [0.4, 0.5) is 0 Å². The molecule has 0 aromatic rings. The number of amides is 1. The molecule has 2 N–H and O–H groups in total. The summed E-state index contributed by atoms with van der Waals surface area (Å²) in [6.07, 6.45) is 5.38. The van der Waals surface area contributed by atoms with E-state index >= 15 is 0 Å². The molecule has 0 aromatic carbocycles. The van der Waals surface area contributed by atoms with E-state index in [1.165, 1.54) is 0 Å². The molecule has 0 unspecified atom stereocenters. The Morgan fingerprint density at radius 2 is 1.63 bits per heavy atom. The van der Waals surface area contributed by atoms with E-state index in [9.17, 15) is 14.7 Å². The van der Waals surface area contributed by atoms with Gasteiger partial charge in [-0.25, -0.2) is 0 Å². The second-order valence-corrected chi connectivity index (χ2v) is 7.01. The van der Waals surface area contributed by atoms with E-state index in [0.717, 1.165) is 25.7 Å². The molecule has 0 aliphatic heterocycles. The second kappa shape index (κ2) is 6.40. The van der Waals surface area contributed by atoms with E-state index in [0.29, 0.717) is 19.4 Å². The predicted octanol–water partition coefficient (Wildman–Crippen LogP) is 2.96. The molecule has 110 valence electrons. The predicted molar refractivity (Wildman–Crippen MR) is 74.9 cm³/mol. The van der Waals surface area contributed by atoms with Crippen LogP contribution in [0.3, 0.4) is 0 Å². The zero-order chi connectivity index (χ0) is 14.5. The summed E-state index contributed by atoms with van der Waals surface area (Å²) in [4.78, 5) is 23.6. The minimum Gasteiger partial charge on any atom is -0.481 e. The number of carbonyl (C=O) groups excluding carboxylic acids is 1. The number of carbonyl (C=O) groups is 2. The number of nitrogens with one attached hydrogen (secondary N) is 1. The monoisotopic (exact) mass is 269 g/mol. The highest BCUT2D eigenvalue weighted by molar-refractivity contribution is 5.85. The van der Waals surface area contributed by atoms with Crippen LogP contribution >= 0.6 is 0 Å². The molecular formula is C15H27NO3. The Hall–Kier alpha value is -1.06. The second-order valence-electron chi connectivity index (χ2n) is 7.01. The first-order valence-electron chi connectivity index (χ1n) is 7.25. The summed E-state index contributed by atoms with van der Waals surface area (Å²) in [5, 5.41) is 12.4. The minimum absolute atomic E-state index is 0.0233. The van der Waals surface area contributed by atoms with Crippen LogP contribution in [0.5, 0.6) is 0 Å². The molecule has 0 saturated heterocycles. The molecular weight excluding hydrogens is 242 g/mol. The van der Waals surface area contributed by atoms with Gasteiger partial charge in [0, 0.05) is 13.0 Å². The molecule has 1 aliphatic carbocycles. The third-order valence-corrected chi connectivity index (χ3v) is 3.83. The van der Waals surface area contributed by atoms with Crippen LogP contribution in [-0.2, 0) is 9.59 Å². The van der Waals surface area contributed by atoms with Crippen molar-refractivity contribution in [3.63, 3.8) is 0 Å². The highest BCUT2D eigenvalue weighted by Gasteiger charge is 2.40. The van der Waals surface area contributed by atoms with Crippen molar-refractivity contribution in [1.82, 2.24) is 5.32 Å². The topological polar surface area (TPSA) is 66.4 Å². The number of hydrogen-bond donors (Lipinski definition) is 2. The molecule has 1 aliphatic rings. The van der Waals surface area contributed by atoms with Crippen LogP contribution in [0, 0.1) is 10.8 Å². The maximum absolute atomic E-state index is 12.0. The molecule has 0 spiro atoms. The third kappa shape index (κ3) is 5.21. The maximum atomic E-state index is 12.0. The summed E-state index contributed by atoms with van der Waals surface area (Å²) in [6.45, 7) is 6.73. The Morgan fingerprint density at radius 1 is 1.11 bits per heavy atom. The van der Waals surface area contributed by atoms with Crippen LogP contribution in [0.15, 0.2) is 0 Å². The third-order valence-electron chi connectivity index (χ3n) is 3.83. The quantitative estimate of drug-likeness (QED) is 0.771. The van der Waals surface area contributed by atoms with Gasteiger partial charge < -0.3 is 10.4 Å². The van der Waals surface area contributed by atoms with Gasteiger partial charge in [-0.3, -0.25) is 9.59 Å². The maximum Gasteiger partial charge on any atom is 0.310 e. The van der Waals surface area contributed by atoms with Gasteiger partial charge >= 0.3 is 5.97 Å². The zero-order valence-electron chi connectivity index (χ0n) is 12.4. The van der Waals surface area contributed by atoms with Gasteiger partial charge in [0.25, 0.3) is 0 Å². The number of carboxylic acid groups (broad SMARTS) is 1. The molecule has 0 heterocycles. The Bertz CT molecular complexity index is 323. The van der Waals surface area contributed by atoms with E-state index in [-0.39, 0.29) is 17.7 Å². The Kier molecular flexibility index (Phi) is 5.39. The van der Waals surface area contributed by atoms with E-state index in [4.69, 9.17) is 0 Å². The summed E-state index contributed by atoms with van der Waals surface area (Å²) in [6, 6.07) is 0. The van der Waals surface area contributed by atoms with E-state index in [1.807, 2.05) is 20.8 Å². The first-order valence-corrected chi connectivity index (χ1v) is 7.25. The first kappa shape index (κ1) is 16.0. The Morgan fingerprint density at radius 3 is 2.05 bits per heavy atom. The van der Waals surface area contributed by atoms with Gasteiger partial charge in [-0.15, -0.1) is 0 Å². The van der Waals surface area contributed by atoms with Crippen LogP contribution in [-0.4, -0.2) is 23.5 Å². The van der Waals surface area contributed by atoms with Crippen molar-refractivity contribution in [3.8, 4) is 0 Å². The number of hydrogen-bond acceptors (Lipinski definition) is 2. The summed E-state index contributed by atoms with van der Waals surface area (Å²) in [5.41, 5.74) is -0.812. The standard InChI is InChI=1S/C15H27NO3/c1-14(2,3)11-16-12(17)10-15(13(18)19)8-6-4-5-7-9-15/h4-11H2,1-3H3,(H,16,17)(H,18,19). The fourth-order valence-electron chi connectivity index (χ4n) is 2.61. The molecule has 4 nitrogen and oxygen atoms in total. The van der Waals surface area contributed by atoms with Gasteiger partial charge in [0.2, 0.25) is 5.91 Å². The minimum atomic E-state index is -0.835. The van der Waals surface area contributed by atoms with E-state index in [1.54, 1.807) is 0 Å². The van der Waals surface area contributed by atoms with Crippen molar-refractivity contribution in [2.24, 2.45) is 10.8 Å². The van der Waals surface area contributed by atoms with Gasteiger partial charge in [0.15, 0.2) is 0 Å². The van der Waals surface area contributed by atoms with E-state index in [2.05, 4.69) is 5.32 Å². The van der Waals surface area contributed by atoms with Crippen molar-refractivity contribution in [2.45, 2.75) is 65.7 Å². The van der Waals surface area contributed by atoms with Crippen LogP contribution in [0.2, 0.25) is 0 Å². The lowest BCUT2D eigenvalue weighted by Crippen LogP contribution is -2.39. The summed E-state index contributed by atoms with van der Waals surface area (Å²) >= 11 is 0. The molecule has 0 aromatic heterocycles. The van der Waals surface area contributed by atoms with Crippen LogP contribution in [0.25, 0.3) is 0 Å². The molecule has 0 bridgehead atoms. The average molecular weight is 269 g/mol. The summed E-state index contributed by atoms with van der Waals surface area (Å²) < 4.78 is 0. The molecule has 1 rings (SSSR count). The van der Waals surface area contributed by atoms with Crippen molar-refractivity contribution < 1.29 is 14.7 Å². The number of carboxylic acids is 1. The largest absolute Gasteiger partial charge is 0.481 e. The molecule has 1 fully saturated rings. The summed E-state index contributed by atoms with van der Waals surface area (Å²) in [7, 11) is 0. The van der Waals surface area contributed by atoms with Crippen molar-refractivity contribution in [3.05, 3.63) is 0 Å². The highest BCUT2D eigenvalue weighted by Crippen LogP contribution is 2.38. The van der Waals surface area contributed by atoms with Gasteiger partial charge in [-0.2, -0.15) is 0 Å². The van der Waals surface area contributed by atoms with Gasteiger partial charge in [-0.1, -0.05) is 46.5 Å². The lowest BCUT2D eigenvalue weighted by atomic mass is 9.77. The first-order chi connectivity index (χ1) is 8.75. The van der Waals surface area contributed by atoms with E-state index < -0.39 is 11.4 Å². The normalized spacial score (nSPS) is 19.5.